The average Bonchev–Trinajstić information content (AvgIpc) is 2.79. The van der Waals surface area contributed by atoms with E-state index >= 15 is 0 Å². The predicted octanol–water partition coefficient (Wildman–Crippen LogP) is 2.31. The highest BCUT2D eigenvalue weighted by Gasteiger charge is 2.23. The number of benzene rings is 2. The third-order valence-corrected chi connectivity index (χ3v) is 6.70. The molecule has 2 aromatic carbocycles. The second kappa shape index (κ2) is 10.8. The minimum absolute atomic E-state index is 0.121. The van der Waals surface area contributed by atoms with E-state index in [0.717, 1.165) is 10.6 Å². The fraction of sp³-hybridized carbons (Fsp3) is 0.333. The number of hydrogen-bond donors (Lipinski definition) is 1. The van der Waals surface area contributed by atoms with Gasteiger partial charge < -0.3 is 9.64 Å². The lowest BCUT2D eigenvalue weighted by atomic mass is 10.1. The molecular formula is C21H24ClN5O6S. The number of hydrogen-bond acceptors (Lipinski definition) is 8. The molecule has 0 radical (unpaired) electrons. The lowest BCUT2D eigenvalue weighted by molar-refractivity contribution is -0.384. The summed E-state index contributed by atoms with van der Waals surface area (Å²) < 4.78 is 30.9. The van der Waals surface area contributed by atoms with Crippen LogP contribution in [0.15, 0.2) is 41.5 Å². The first kappa shape index (κ1) is 25.4. The van der Waals surface area contributed by atoms with Crippen LogP contribution < -0.4 is 14.6 Å². The molecule has 0 aromatic heterocycles. The number of nitrogens with one attached hydrogen (secondary N) is 1. The first-order valence-electron chi connectivity index (χ1n) is 10.2. The van der Waals surface area contributed by atoms with E-state index in [1.165, 1.54) is 18.3 Å². The summed E-state index contributed by atoms with van der Waals surface area (Å²) in [6, 6.07) is 9.15. The number of ether oxygens (including phenoxy) is 1. The van der Waals surface area contributed by atoms with E-state index in [2.05, 4.69) is 10.5 Å². The quantitative estimate of drug-likeness (QED) is 0.328. The molecule has 0 spiro atoms. The van der Waals surface area contributed by atoms with Crippen LogP contribution in [0.25, 0.3) is 0 Å². The number of morpholine rings is 1. The van der Waals surface area contributed by atoms with Gasteiger partial charge in [0.25, 0.3) is 11.6 Å². The molecule has 1 aliphatic rings. The number of anilines is 2. The molecule has 0 atom stereocenters. The molecular weight excluding hydrogens is 486 g/mol. The van der Waals surface area contributed by atoms with Crippen LogP contribution in [0, 0.1) is 17.0 Å². The zero-order chi connectivity index (χ0) is 24.9. The van der Waals surface area contributed by atoms with Crippen LogP contribution in [0.4, 0.5) is 17.1 Å². The Morgan fingerprint density at radius 3 is 2.68 bits per heavy atom. The summed E-state index contributed by atoms with van der Waals surface area (Å²) >= 11 is 6.10. The fourth-order valence-electron chi connectivity index (χ4n) is 3.44. The molecule has 2 aromatic rings. The number of carbonyl (C=O) groups excluding carboxylic acids is 1. The molecule has 11 nitrogen and oxygen atoms in total. The van der Waals surface area contributed by atoms with Crippen LogP contribution in [0.2, 0.25) is 5.02 Å². The van der Waals surface area contributed by atoms with Crippen LogP contribution in [-0.2, 0) is 19.6 Å². The second-order valence-corrected chi connectivity index (χ2v) is 9.86. The zero-order valence-corrected chi connectivity index (χ0v) is 20.2. The van der Waals surface area contributed by atoms with Crippen molar-refractivity contribution < 1.29 is 22.9 Å². The smallest absolute Gasteiger partial charge is 0.270 e. The molecule has 1 heterocycles. The Balaban J connectivity index is 1.79. The van der Waals surface area contributed by atoms with Gasteiger partial charge in [0.05, 0.1) is 36.3 Å². The van der Waals surface area contributed by atoms with Gasteiger partial charge in [0.1, 0.15) is 6.54 Å². The van der Waals surface area contributed by atoms with Gasteiger partial charge in [-0.15, -0.1) is 0 Å². The van der Waals surface area contributed by atoms with Crippen molar-refractivity contribution in [3.63, 3.8) is 0 Å². The number of halogens is 1. The van der Waals surface area contributed by atoms with Crippen molar-refractivity contribution in [2.45, 2.75) is 6.92 Å². The van der Waals surface area contributed by atoms with Gasteiger partial charge in [-0.3, -0.25) is 19.2 Å². The van der Waals surface area contributed by atoms with Crippen molar-refractivity contribution in [2.24, 2.45) is 5.10 Å². The van der Waals surface area contributed by atoms with Crippen LogP contribution >= 0.6 is 11.6 Å². The Hall–Kier alpha value is -3.22. The first-order valence-corrected chi connectivity index (χ1v) is 12.5. The number of sulfonamides is 1. The van der Waals surface area contributed by atoms with E-state index in [0.29, 0.717) is 48.1 Å². The summed E-state index contributed by atoms with van der Waals surface area (Å²) in [6.45, 7) is 3.38. The molecule has 0 aliphatic carbocycles. The summed E-state index contributed by atoms with van der Waals surface area (Å²) in [7, 11) is -3.80. The maximum Gasteiger partial charge on any atom is 0.270 e. The third kappa shape index (κ3) is 6.22. The van der Waals surface area contributed by atoms with Crippen molar-refractivity contribution in [3.05, 3.63) is 62.7 Å². The molecule has 1 N–H and O–H groups in total. The topological polar surface area (TPSA) is 134 Å². The number of hydrazone groups is 1. The Kier molecular flexibility index (Phi) is 8.07. The van der Waals surface area contributed by atoms with Crippen LogP contribution in [0.5, 0.6) is 0 Å². The number of nitro benzene ring substituents is 1. The van der Waals surface area contributed by atoms with E-state index in [9.17, 15) is 23.3 Å². The van der Waals surface area contributed by atoms with Crippen LogP contribution in [0.1, 0.15) is 11.1 Å². The van der Waals surface area contributed by atoms with E-state index in [1.54, 1.807) is 31.2 Å². The molecule has 13 heteroatoms. The van der Waals surface area contributed by atoms with Crippen LogP contribution in [-0.4, -0.2) is 64.6 Å². The third-order valence-electron chi connectivity index (χ3n) is 5.16. The number of rotatable bonds is 8. The van der Waals surface area contributed by atoms with Gasteiger partial charge in [0.2, 0.25) is 10.0 Å². The van der Waals surface area contributed by atoms with Gasteiger partial charge in [-0.25, -0.2) is 13.8 Å². The van der Waals surface area contributed by atoms with E-state index < -0.39 is 27.4 Å². The molecule has 0 saturated carbocycles. The molecule has 182 valence electrons. The number of nitro groups is 1. The highest BCUT2D eigenvalue weighted by atomic mass is 35.5. The maximum atomic E-state index is 12.5. The summed E-state index contributed by atoms with van der Waals surface area (Å²) in [5, 5.41) is 15.5. The van der Waals surface area contributed by atoms with Crippen molar-refractivity contribution in [1.82, 2.24) is 5.43 Å². The Morgan fingerprint density at radius 1 is 1.32 bits per heavy atom. The zero-order valence-electron chi connectivity index (χ0n) is 18.6. The monoisotopic (exact) mass is 509 g/mol. The molecule has 1 saturated heterocycles. The average molecular weight is 510 g/mol. The Bertz CT molecular complexity index is 1210. The van der Waals surface area contributed by atoms with Crippen molar-refractivity contribution >= 4 is 50.8 Å². The van der Waals surface area contributed by atoms with E-state index in [-0.39, 0.29) is 11.4 Å². The summed E-state index contributed by atoms with van der Waals surface area (Å²) in [5.74, 6) is -0.695. The predicted molar refractivity (Wildman–Crippen MR) is 130 cm³/mol. The van der Waals surface area contributed by atoms with Crippen molar-refractivity contribution in [1.29, 1.82) is 0 Å². The molecule has 1 fully saturated rings. The highest BCUT2D eigenvalue weighted by molar-refractivity contribution is 7.92. The minimum atomic E-state index is -3.80. The molecule has 1 aliphatic heterocycles. The normalized spacial score (nSPS) is 14.3. The number of non-ortho nitro benzene ring substituents is 1. The maximum absolute atomic E-state index is 12.5. The number of nitrogens with zero attached hydrogens (tertiary/aromatic N) is 4. The molecule has 0 unspecified atom stereocenters. The number of carbonyl (C=O) groups is 1. The lowest BCUT2D eigenvalue weighted by Gasteiger charge is -2.29. The Morgan fingerprint density at radius 2 is 2.03 bits per heavy atom. The van der Waals surface area contributed by atoms with Gasteiger partial charge in [-0.1, -0.05) is 17.7 Å². The van der Waals surface area contributed by atoms with Gasteiger partial charge in [-0.05, 0) is 30.7 Å². The largest absolute Gasteiger partial charge is 0.378 e. The van der Waals surface area contributed by atoms with Crippen molar-refractivity contribution in [2.75, 3.05) is 48.3 Å². The lowest BCUT2D eigenvalue weighted by Crippen LogP contribution is -2.39. The standard InChI is InChI=1S/C21H24ClN5O6S/c1-15-18(22)4-3-5-19(15)26(34(2,31)32)14-21(28)24-23-13-16-12-17(27(29)30)6-7-20(16)25-8-10-33-11-9-25/h3-7,12-13H,8-11,14H2,1-2H3,(H,24,28)/b23-13-. The fourth-order valence-corrected chi connectivity index (χ4v) is 4.51. The summed E-state index contributed by atoms with van der Waals surface area (Å²) in [4.78, 5) is 25.2. The van der Waals surface area contributed by atoms with Gasteiger partial charge in [-0.2, -0.15) is 5.10 Å². The van der Waals surface area contributed by atoms with Crippen LogP contribution in [0.3, 0.4) is 0 Å². The van der Waals surface area contributed by atoms with Gasteiger partial charge >= 0.3 is 0 Å². The summed E-state index contributed by atoms with van der Waals surface area (Å²) in [6.07, 6.45) is 2.28. The van der Waals surface area contributed by atoms with Gasteiger partial charge in [0.15, 0.2) is 0 Å². The molecule has 1 amide bonds. The van der Waals surface area contributed by atoms with Gasteiger partial charge in [0, 0.05) is 41.5 Å². The molecule has 0 bridgehead atoms. The second-order valence-electron chi connectivity index (χ2n) is 7.55. The number of amides is 1. The molecule has 34 heavy (non-hydrogen) atoms. The summed E-state index contributed by atoms with van der Waals surface area (Å²) in [5.41, 5.74) is 4.11. The SMILES string of the molecule is Cc1c(Cl)cccc1N(CC(=O)N/N=C\c1cc([N+](=O)[O-])ccc1N1CCOCC1)S(C)(=O)=O. The highest BCUT2D eigenvalue weighted by Crippen LogP contribution is 2.28. The minimum Gasteiger partial charge on any atom is -0.378 e. The van der Waals surface area contributed by atoms with Crippen molar-refractivity contribution in [3.8, 4) is 0 Å². The first-order chi connectivity index (χ1) is 16.1. The molecule has 3 rings (SSSR count). The van der Waals surface area contributed by atoms with E-state index in [4.69, 9.17) is 16.3 Å². The van der Waals surface area contributed by atoms with E-state index in [1.807, 2.05) is 4.90 Å². The Labute approximate surface area is 202 Å².